The first-order chi connectivity index (χ1) is 14.0. The van der Waals surface area contributed by atoms with E-state index in [1.54, 1.807) is 6.07 Å². The van der Waals surface area contributed by atoms with Crippen LogP contribution in [-0.2, 0) is 17.9 Å². The number of aliphatic hydroxyl groups is 1. The highest BCUT2D eigenvalue weighted by molar-refractivity contribution is 5.95. The Balaban J connectivity index is 1.48. The third kappa shape index (κ3) is 3.99. The third-order valence-corrected chi connectivity index (χ3v) is 5.21. The molecule has 1 aliphatic carbocycles. The number of aliphatic hydroxyl groups excluding tert-OH is 1. The normalized spacial score (nSPS) is 23.4. The molecule has 6 nitrogen and oxygen atoms in total. The fourth-order valence-electron chi connectivity index (χ4n) is 3.71. The van der Waals surface area contributed by atoms with Crippen molar-refractivity contribution in [2.45, 2.75) is 44.3 Å². The van der Waals surface area contributed by atoms with Gasteiger partial charge in [-0.3, -0.25) is 14.9 Å². The van der Waals surface area contributed by atoms with E-state index in [0.29, 0.717) is 18.4 Å². The van der Waals surface area contributed by atoms with Crippen LogP contribution in [0, 0.1) is 5.82 Å². The van der Waals surface area contributed by atoms with Crippen LogP contribution >= 0.6 is 0 Å². The molecule has 0 saturated carbocycles. The van der Waals surface area contributed by atoms with Crippen LogP contribution in [0.4, 0.5) is 13.2 Å². The number of benzene rings is 2. The molecule has 1 amide bonds. The molecule has 0 aromatic heterocycles. The summed E-state index contributed by atoms with van der Waals surface area (Å²) in [5.74, 6) is -1.20. The molecule has 9 heteroatoms. The molecule has 3 atom stereocenters. The van der Waals surface area contributed by atoms with Gasteiger partial charge in [0, 0.05) is 0 Å². The fourth-order valence-corrected chi connectivity index (χ4v) is 3.71. The highest BCUT2D eigenvalue weighted by Gasteiger charge is 2.33. The van der Waals surface area contributed by atoms with Gasteiger partial charge in [0.2, 0.25) is 0 Å². The molecule has 0 bridgehead atoms. The maximum absolute atomic E-state index is 14.0. The number of carbonyl (C=O) groups excluding carboxylic acids is 1. The van der Waals surface area contributed by atoms with Gasteiger partial charge in [-0.2, -0.15) is 5.48 Å². The minimum Gasteiger partial charge on any atom is -0.392 e. The summed E-state index contributed by atoms with van der Waals surface area (Å²) < 4.78 is 39.5. The van der Waals surface area contributed by atoms with E-state index in [4.69, 9.17) is 4.84 Å². The molecule has 2 unspecified atom stereocenters. The van der Waals surface area contributed by atoms with Gasteiger partial charge in [-0.1, -0.05) is 24.3 Å². The average molecular weight is 407 g/mol. The Bertz CT molecular complexity index is 925. The summed E-state index contributed by atoms with van der Waals surface area (Å²) in [4.78, 5) is 17.4. The Labute approximate surface area is 165 Å². The Morgan fingerprint density at radius 2 is 2.10 bits per heavy atom. The van der Waals surface area contributed by atoms with Gasteiger partial charge in [0.05, 0.1) is 18.2 Å². The number of hydrogen-bond acceptors (Lipinski definition) is 5. The summed E-state index contributed by atoms with van der Waals surface area (Å²) in [5, 5.41) is 14.7. The van der Waals surface area contributed by atoms with Crippen molar-refractivity contribution in [2.75, 3.05) is 0 Å². The fraction of sp³-hybridized carbons (Fsp3) is 0.350. The van der Waals surface area contributed by atoms with E-state index < -0.39 is 30.5 Å². The van der Waals surface area contributed by atoms with Crippen LogP contribution in [0.3, 0.4) is 0 Å². The lowest BCUT2D eigenvalue weighted by molar-refractivity contribution is -0.0675. The zero-order valence-electron chi connectivity index (χ0n) is 15.3. The van der Waals surface area contributed by atoms with Crippen LogP contribution in [0.1, 0.15) is 51.2 Å². The van der Waals surface area contributed by atoms with E-state index in [1.165, 1.54) is 12.1 Å². The number of carbonyl (C=O) groups is 1. The Morgan fingerprint density at radius 3 is 2.83 bits per heavy atom. The summed E-state index contributed by atoms with van der Waals surface area (Å²) in [6.07, 6.45) is -3.23. The first-order valence-electron chi connectivity index (χ1n) is 9.24. The van der Waals surface area contributed by atoms with Crippen molar-refractivity contribution < 1.29 is 27.9 Å². The quantitative estimate of drug-likeness (QED) is 0.612. The predicted octanol–water partition coefficient (Wildman–Crippen LogP) is 2.45. The molecule has 1 aliphatic heterocycles. The Kier molecular flexibility index (Phi) is 5.55. The lowest BCUT2D eigenvalue weighted by atomic mass is 10.0. The third-order valence-electron chi connectivity index (χ3n) is 5.21. The largest absolute Gasteiger partial charge is 0.392 e. The second kappa shape index (κ2) is 8.11. The van der Waals surface area contributed by atoms with Crippen molar-refractivity contribution >= 4 is 5.91 Å². The molecule has 1 saturated heterocycles. The standard InChI is InChI=1S/C20H20F3N3O3/c21-15-5-1-10(9-27)7-14(15)19(28)24-16-6-3-11-8-12(2-4-13(11)16)18-25-20(17(22)23)29-26-18/h1-2,4-5,7-8,16-18,20,25-27H,3,6,9H2,(H,24,28)/t16-,18?,20?/m1/s1. The molecular weight excluding hydrogens is 387 g/mol. The van der Waals surface area contributed by atoms with Gasteiger partial charge in [-0.25, -0.2) is 13.2 Å². The average Bonchev–Trinajstić information content (AvgIpc) is 3.36. The highest BCUT2D eigenvalue weighted by atomic mass is 19.3. The number of aryl methyl sites for hydroxylation is 1. The Hall–Kier alpha value is -2.46. The molecule has 4 N–H and O–H groups in total. The van der Waals surface area contributed by atoms with E-state index >= 15 is 0 Å². The number of fused-ring (bicyclic) bond motifs is 1. The monoisotopic (exact) mass is 407 g/mol. The molecule has 4 rings (SSSR count). The summed E-state index contributed by atoms with van der Waals surface area (Å²) >= 11 is 0. The highest BCUT2D eigenvalue weighted by Crippen LogP contribution is 2.33. The summed E-state index contributed by atoms with van der Waals surface area (Å²) in [6.45, 7) is -0.283. The van der Waals surface area contributed by atoms with Gasteiger partial charge in [0.1, 0.15) is 12.0 Å². The van der Waals surface area contributed by atoms with E-state index in [1.807, 2.05) is 12.1 Å². The SMILES string of the molecule is O=C(N[C@@H]1CCc2cc(C3NOC(C(F)F)N3)ccc21)c1cc(CO)ccc1F. The molecule has 1 heterocycles. The zero-order chi connectivity index (χ0) is 20.5. The van der Waals surface area contributed by atoms with E-state index in [-0.39, 0.29) is 18.2 Å². The van der Waals surface area contributed by atoms with Crippen LogP contribution in [0.25, 0.3) is 0 Å². The number of hydroxylamine groups is 1. The van der Waals surface area contributed by atoms with Crippen LogP contribution < -0.4 is 16.1 Å². The Morgan fingerprint density at radius 1 is 1.28 bits per heavy atom. The maximum atomic E-state index is 14.0. The number of rotatable bonds is 5. The first-order valence-corrected chi connectivity index (χ1v) is 9.24. The molecule has 2 aliphatic rings. The number of hydrogen-bond donors (Lipinski definition) is 4. The van der Waals surface area contributed by atoms with Crippen molar-refractivity contribution in [3.05, 3.63) is 70.0 Å². The minimum absolute atomic E-state index is 0.115. The van der Waals surface area contributed by atoms with Crippen molar-refractivity contribution in [2.24, 2.45) is 0 Å². The van der Waals surface area contributed by atoms with Gasteiger partial charge in [0.25, 0.3) is 12.3 Å². The van der Waals surface area contributed by atoms with E-state index in [2.05, 4.69) is 16.1 Å². The van der Waals surface area contributed by atoms with Crippen molar-refractivity contribution in [3.8, 4) is 0 Å². The molecule has 2 aromatic carbocycles. The van der Waals surface area contributed by atoms with Gasteiger partial charge >= 0.3 is 0 Å². The lowest BCUT2D eigenvalue weighted by Gasteiger charge is -2.16. The summed E-state index contributed by atoms with van der Waals surface area (Å²) in [6, 6.07) is 9.13. The molecule has 1 fully saturated rings. The molecule has 0 radical (unpaired) electrons. The van der Waals surface area contributed by atoms with Crippen molar-refractivity contribution in [1.29, 1.82) is 0 Å². The number of alkyl halides is 2. The summed E-state index contributed by atoms with van der Waals surface area (Å²) in [7, 11) is 0. The van der Waals surface area contributed by atoms with Gasteiger partial charge in [-0.15, -0.1) is 0 Å². The van der Waals surface area contributed by atoms with E-state index in [0.717, 1.165) is 22.8 Å². The molecule has 0 spiro atoms. The minimum atomic E-state index is -2.65. The van der Waals surface area contributed by atoms with Gasteiger partial charge < -0.3 is 10.4 Å². The van der Waals surface area contributed by atoms with Gasteiger partial charge in [-0.05, 0) is 47.2 Å². The molecular formula is C20H20F3N3O3. The predicted molar refractivity (Wildman–Crippen MR) is 97.2 cm³/mol. The number of halogens is 3. The van der Waals surface area contributed by atoms with Crippen LogP contribution in [0.15, 0.2) is 36.4 Å². The lowest BCUT2D eigenvalue weighted by Crippen LogP contribution is -2.31. The van der Waals surface area contributed by atoms with Crippen molar-refractivity contribution in [3.63, 3.8) is 0 Å². The van der Waals surface area contributed by atoms with Crippen LogP contribution in [0.2, 0.25) is 0 Å². The topological polar surface area (TPSA) is 82.6 Å². The van der Waals surface area contributed by atoms with Crippen LogP contribution in [0.5, 0.6) is 0 Å². The second-order valence-corrected chi connectivity index (χ2v) is 7.09. The summed E-state index contributed by atoms with van der Waals surface area (Å²) in [5.41, 5.74) is 5.54. The zero-order valence-corrected chi connectivity index (χ0v) is 15.3. The van der Waals surface area contributed by atoms with Gasteiger partial charge in [0.15, 0.2) is 6.23 Å². The second-order valence-electron chi connectivity index (χ2n) is 7.09. The molecule has 29 heavy (non-hydrogen) atoms. The van der Waals surface area contributed by atoms with E-state index in [9.17, 15) is 23.1 Å². The first kappa shape index (κ1) is 19.8. The smallest absolute Gasteiger partial charge is 0.279 e. The maximum Gasteiger partial charge on any atom is 0.279 e. The molecule has 2 aromatic rings. The number of amides is 1. The molecule has 154 valence electrons. The van der Waals surface area contributed by atoms with Crippen LogP contribution in [-0.4, -0.2) is 23.7 Å². The van der Waals surface area contributed by atoms with Crippen molar-refractivity contribution in [1.82, 2.24) is 16.1 Å². The number of nitrogens with one attached hydrogen (secondary N) is 3.